The summed E-state index contributed by atoms with van der Waals surface area (Å²) in [6.45, 7) is 0. The zero-order valence-electron chi connectivity index (χ0n) is 8.40. The molecule has 1 rings (SSSR count). The molecule has 0 aliphatic carbocycles. The van der Waals surface area contributed by atoms with Crippen LogP contribution in [0.4, 0.5) is 8.78 Å². The van der Waals surface area contributed by atoms with Gasteiger partial charge >= 0.3 is 17.9 Å². The summed E-state index contributed by atoms with van der Waals surface area (Å²) in [6, 6.07) is -0.193. The Morgan fingerprint density at radius 2 is 2.06 bits per heavy atom. The Kier molecular flexibility index (Phi) is 3.21. The van der Waals surface area contributed by atoms with Crippen LogP contribution in [0, 0.1) is 0 Å². The van der Waals surface area contributed by atoms with Crippen LogP contribution in [0.15, 0.2) is 6.20 Å². The van der Waals surface area contributed by atoms with Gasteiger partial charge in [0.2, 0.25) is 5.88 Å². The van der Waals surface area contributed by atoms with Crippen LogP contribution < -0.4 is 9.47 Å². The van der Waals surface area contributed by atoms with Crippen LogP contribution in [0.25, 0.3) is 0 Å². The molecule has 0 saturated carbocycles. The average Bonchev–Trinajstić information content (AvgIpc) is 2.27. The first-order valence-corrected chi connectivity index (χ1v) is 4.00. The molecule has 16 heavy (non-hydrogen) atoms. The topological polar surface area (TPSA) is 81.5 Å². The third-order valence-electron chi connectivity index (χ3n) is 1.71. The maximum absolute atomic E-state index is 13.2. The van der Waals surface area contributed by atoms with Gasteiger partial charge in [0.25, 0.3) is 0 Å². The maximum Gasteiger partial charge on any atom is 0.379 e. The van der Waals surface area contributed by atoms with E-state index < -0.39 is 23.3 Å². The lowest BCUT2D eigenvalue weighted by atomic mass is 10.2. The number of nitrogens with zero attached hydrogens (tertiary/aromatic N) is 2. The zero-order chi connectivity index (χ0) is 12.3. The predicted molar refractivity (Wildman–Crippen MR) is 46.7 cm³/mol. The normalized spacial score (nSPS) is 11.0. The number of hydrogen-bond donors (Lipinski definition) is 1. The number of hydrogen-bond acceptors (Lipinski definition) is 5. The van der Waals surface area contributed by atoms with E-state index >= 15 is 0 Å². The summed E-state index contributed by atoms with van der Waals surface area (Å²) in [5.41, 5.74) is -0.928. The van der Waals surface area contributed by atoms with Crippen molar-refractivity contribution in [3.8, 4) is 11.9 Å². The number of aliphatic carboxylic acids is 1. The molecule has 0 unspecified atom stereocenters. The number of aromatic nitrogens is 2. The molecule has 0 bridgehead atoms. The summed E-state index contributed by atoms with van der Waals surface area (Å²) in [4.78, 5) is 17.2. The molecule has 1 aromatic rings. The van der Waals surface area contributed by atoms with Gasteiger partial charge in [-0.1, -0.05) is 0 Å². The van der Waals surface area contributed by atoms with Gasteiger partial charge in [-0.2, -0.15) is 13.8 Å². The summed E-state index contributed by atoms with van der Waals surface area (Å²) >= 11 is 0. The van der Waals surface area contributed by atoms with E-state index in [1.54, 1.807) is 0 Å². The molecule has 88 valence electrons. The number of carboxylic acids is 1. The first kappa shape index (κ1) is 12.1. The van der Waals surface area contributed by atoms with Crippen LogP contribution in [0.1, 0.15) is 5.56 Å². The number of methoxy groups -OCH3 is 2. The van der Waals surface area contributed by atoms with Crippen molar-refractivity contribution < 1.29 is 28.2 Å². The lowest BCUT2D eigenvalue weighted by molar-refractivity contribution is -0.166. The van der Waals surface area contributed by atoms with Gasteiger partial charge < -0.3 is 14.6 Å². The molecular formula is C8H8F2N2O4. The van der Waals surface area contributed by atoms with E-state index in [1.165, 1.54) is 7.11 Å². The van der Waals surface area contributed by atoms with Crippen molar-refractivity contribution in [2.24, 2.45) is 0 Å². The Labute approximate surface area is 88.8 Å². The highest BCUT2D eigenvalue weighted by Crippen LogP contribution is 2.34. The Morgan fingerprint density at radius 3 is 2.50 bits per heavy atom. The van der Waals surface area contributed by atoms with Gasteiger partial charge in [-0.15, -0.1) is 0 Å². The molecule has 0 aliphatic heterocycles. The number of rotatable bonds is 4. The van der Waals surface area contributed by atoms with Crippen LogP contribution in [0.5, 0.6) is 11.9 Å². The minimum atomic E-state index is -4.11. The molecule has 8 heteroatoms. The molecule has 0 fully saturated rings. The quantitative estimate of drug-likeness (QED) is 0.824. The van der Waals surface area contributed by atoms with E-state index in [0.717, 1.165) is 7.11 Å². The monoisotopic (exact) mass is 234 g/mol. The van der Waals surface area contributed by atoms with E-state index in [9.17, 15) is 13.6 Å². The third-order valence-corrected chi connectivity index (χ3v) is 1.71. The molecule has 0 radical (unpaired) electrons. The zero-order valence-corrected chi connectivity index (χ0v) is 8.40. The van der Waals surface area contributed by atoms with Gasteiger partial charge in [-0.05, 0) is 0 Å². The van der Waals surface area contributed by atoms with Crippen LogP contribution in [0.2, 0.25) is 0 Å². The largest absolute Gasteiger partial charge is 0.480 e. The molecule has 1 N–H and O–H groups in total. The molecule has 0 aliphatic rings. The van der Waals surface area contributed by atoms with Crippen LogP contribution in [-0.2, 0) is 10.7 Å². The van der Waals surface area contributed by atoms with Gasteiger partial charge in [-0.3, -0.25) is 0 Å². The Morgan fingerprint density at radius 1 is 1.44 bits per heavy atom. The van der Waals surface area contributed by atoms with Crippen molar-refractivity contribution in [3.05, 3.63) is 11.8 Å². The standard InChI is InChI=1S/C8H8F2N2O4/c1-15-5-4(8(9,10)6(13)14)3-11-7(12-5)16-2/h3H,1-2H3,(H,13,14). The molecule has 0 atom stereocenters. The van der Waals surface area contributed by atoms with Crippen molar-refractivity contribution in [2.75, 3.05) is 14.2 Å². The molecule has 1 aromatic heterocycles. The first-order chi connectivity index (χ1) is 7.43. The molecular weight excluding hydrogens is 226 g/mol. The minimum absolute atomic E-state index is 0.193. The fraction of sp³-hybridized carbons (Fsp3) is 0.375. The highest BCUT2D eigenvalue weighted by molar-refractivity contribution is 5.77. The predicted octanol–water partition coefficient (Wildman–Crippen LogP) is 0.670. The van der Waals surface area contributed by atoms with E-state index in [0.29, 0.717) is 6.20 Å². The van der Waals surface area contributed by atoms with Crippen LogP contribution in [0.3, 0.4) is 0 Å². The lowest BCUT2D eigenvalue weighted by Gasteiger charge is -2.13. The second-order valence-corrected chi connectivity index (χ2v) is 2.66. The Balaban J connectivity index is 3.28. The van der Waals surface area contributed by atoms with Crippen molar-refractivity contribution in [3.63, 3.8) is 0 Å². The van der Waals surface area contributed by atoms with Gasteiger partial charge in [0.15, 0.2) is 0 Å². The van der Waals surface area contributed by atoms with Crippen molar-refractivity contribution in [1.29, 1.82) is 0 Å². The summed E-state index contributed by atoms with van der Waals surface area (Å²) in [5.74, 6) is -6.96. The number of ether oxygens (including phenoxy) is 2. The Bertz CT molecular complexity index is 411. The van der Waals surface area contributed by atoms with Gasteiger partial charge in [0.05, 0.1) is 14.2 Å². The third kappa shape index (κ3) is 2.00. The molecule has 0 amide bonds. The molecule has 0 saturated heterocycles. The Hall–Kier alpha value is -1.99. The van der Waals surface area contributed by atoms with E-state index in [2.05, 4.69) is 19.4 Å². The SMILES string of the molecule is COc1ncc(C(F)(F)C(=O)O)c(OC)n1. The second kappa shape index (κ2) is 4.25. The number of carbonyl (C=O) groups is 1. The summed E-state index contributed by atoms with van der Waals surface area (Å²) < 4.78 is 35.5. The second-order valence-electron chi connectivity index (χ2n) is 2.66. The highest BCUT2D eigenvalue weighted by Gasteiger charge is 2.44. The van der Waals surface area contributed by atoms with Gasteiger partial charge in [0.1, 0.15) is 5.56 Å². The summed E-state index contributed by atoms with van der Waals surface area (Å²) in [5, 5.41) is 8.35. The van der Waals surface area contributed by atoms with Gasteiger partial charge in [-0.25, -0.2) is 9.78 Å². The van der Waals surface area contributed by atoms with Crippen LogP contribution >= 0.6 is 0 Å². The summed E-state index contributed by atoms with van der Waals surface area (Å²) in [7, 11) is 2.33. The smallest absolute Gasteiger partial charge is 0.379 e. The first-order valence-electron chi connectivity index (χ1n) is 4.00. The highest BCUT2D eigenvalue weighted by atomic mass is 19.3. The van der Waals surface area contributed by atoms with Crippen molar-refractivity contribution >= 4 is 5.97 Å². The minimum Gasteiger partial charge on any atom is -0.480 e. The molecule has 0 aromatic carbocycles. The van der Waals surface area contributed by atoms with Crippen LogP contribution in [-0.4, -0.2) is 35.3 Å². The van der Waals surface area contributed by atoms with Crippen molar-refractivity contribution in [1.82, 2.24) is 9.97 Å². The number of alkyl halides is 2. The maximum atomic E-state index is 13.2. The average molecular weight is 234 g/mol. The molecule has 1 heterocycles. The summed E-state index contributed by atoms with van der Waals surface area (Å²) in [6.07, 6.45) is 0.652. The number of carboxylic acid groups (broad SMARTS) is 1. The lowest BCUT2D eigenvalue weighted by Crippen LogP contribution is -2.26. The van der Waals surface area contributed by atoms with Crippen molar-refractivity contribution in [2.45, 2.75) is 5.92 Å². The molecule has 6 nitrogen and oxygen atoms in total. The van der Waals surface area contributed by atoms with E-state index in [4.69, 9.17) is 5.11 Å². The molecule has 0 spiro atoms. The number of halogens is 2. The fourth-order valence-corrected chi connectivity index (χ4v) is 0.935. The van der Waals surface area contributed by atoms with E-state index in [1.807, 2.05) is 0 Å². The van der Waals surface area contributed by atoms with Gasteiger partial charge in [0, 0.05) is 6.20 Å². The fourth-order valence-electron chi connectivity index (χ4n) is 0.935. The van der Waals surface area contributed by atoms with E-state index in [-0.39, 0.29) is 6.01 Å².